The number of rotatable bonds is 3. The summed E-state index contributed by atoms with van der Waals surface area (Å²) in [6.07, 6.45) is 4.63. The van der Waals surface area contributed by atoms with E-state index in [1.54, 1.807) is 30.6 Å². The van der Waals surface area contributed by atoms with Gasteiger partial charge in [-0.2, -0.15) is 0 Å². The fourth-order valence-corrected chi connectivity index (χ4v) is 1.92. The minimum absolute atomic E-state index is 0.360. The van der Waals surface area contributed by atoms with E-state index in [4.69, 9.17) is 5.84 Å². The fraction of sp³-hybridized carbons (Fsp3) is 0.0909. The number of benzene rings is 1. The Hall–Kier alpha value is -1.37. The molecule has 6 heteroatoms. The van der Waals surface area contributed by atoms with Crippen LogP contribution in [0.4, 0.5) is 4.39 Å². The Kier molecular flexibility index (Phi) is 3.78. The number of aromatic nitrogens is 2. The molecule has 3 N–H and O–H groups in total. The molecule has 2 aromatic rings. The first kappa shape index (κ1) is 12.1. The molecule has 0 bridgehead atoms. The normalized spacial score (nSPS) is 12.4. The number of hydrazine groups is 1. The highest BCUT2D eigenvalue weighted by atomic mass is 79.9. The molecule has 0 aliphatic heterocycles. The molecule has 1 aromatic heterocycles. The Balaban J connectivity index is 2.46. The van der Waals surface area contributed by atoms with E-state index in [9.17, 15) is 4.39 Å². The van der Waals surface area contributed by atoms with Gasteiger partial charge in [-0.1, -0.05) is 12.1 Å². The quantitative estimate of drug-likeness (QED) is 0.671. The van der Waals surface area contributed by atoms with Crippen molar-refractivity contribution in [2.45, 2.75) is 6.04 Å². The lowest BCUT2D eigenvalue weighted by atomic mass is 10.0. The fourth-order valence-electron chi connectivity index (χ4n) is 1.54. The van der Waals surface area contributed by atoms with Crippen molar-refractivity contribution in [1.29, 1.82) is 0 Å². The van der Waals surface area contributed by atoms with Crippen LogP contribution in [0, 0.1) is 5.82 Å². The highest BCUT2D eigenvalue weighted by molar-refractivity contribution is 9.10. The Labute approximate surface area is 106 Å². The van der Waals surface area contributed by atoms with Crippen molar-refractivity contribution in [1.82, 2.24) is 15.4 Å². The van der Waals surface area contributed by atoms with Gasteiger partial charge in [-0.15, -0.1) is 0 Å². The molecule has 1 atom stereocenters. The highest BCUT2D eigenvalue weighted by Gasteiger charge is 2.19. The number of nitrogens with two attached hydrogens (primary N) is 1. The van der Waals surface area contributed by atoms with E-state index in [0.717, 1.165) is 0 Å². The number of hydrogen-bond donors (Lipinski definition) is 2. The zero-order valence-electron chi connectivity index (χ0n) is 8.77. The molecule has 1 unspecified atom stereocenters. The summed E-state index contributed by atoms with van der Waals surface area (Å²) in [5.74, 6) is 5.10. The maximum atomic E-state index is 13.9. The first-order chi connectivity index (χ1) is 8.24. The Morgan fingerprint density at radius 3 is 2.82 bits per heavy atom. The van der Waals surface area contributed by atoms with E-state index in [2.05, 4.69) is 31.3 Å². The van der Waals surface area contributed by atoms with E-state index >= 15 is 0 Å². The Morgan fingerprint density at radius 2 is 2.18 bits per heavy atom. The average Bonchev–Trinajstić information content (AvgIpc) is 2.37. The van der Waals surface area contributed by atoms with Gasteiger partial charge < -0.3 is 0 Å². The standard InChI is InChI=1S/C11H10BrFN4/c12-8-3-1-2-7(10(8)13)11(17-14)9-6-15-4-5-16-9/h1-6,11,17H,14H2. The van der Waals surface area contributed by atoms with Crippen LogP contribution in [0.1, 0.15) is 17.3 Å². The third kappa shape index (κ3) is 2.49. The molecule has 88 valence electrons. The summed E-state index contributed by atoms with van der Waals surface area (Å²) < 4.78 is 14.3. The first-order valence-corrected chi connectivity index (χ1v) is 5.69. The molecule has 2 rings (SSSR count). The van der Waals surface area contributed by atoms with Crippen LogP contribution in [-0.4, -0.2) is 9.97 Å². The topological polar surface area (TPSA) is 63.8 Å². The summed E-state index contributed by atoms with van der Waals surface area (Å²) in [6, 6.07) is 4.49. The predicted octanol–water partition coefficient (Wildman–Crippen LogP) is 1.93. The molecule has 1 heterocycles. The number of halogens is 2. The molecule has 0 amide bonds. The molecule has 4 nitrogen and oxygen atoms in total. The van der Waals surface area contributed by atoms with Gasteiger partial charge in [0.2, 0.25) is 0 Å². The molecule has 0 saturated heterocycles. The molecule has 17 heavy (non-hydrogen) atoms. The van der Waals surface area contributed by atoms with E-state index < -0.39 is 6.04 Å². The zero-order valence-corrected chi connectivity index (χ0v) is 10.4. The van der Waals surface area contributed by atoms with Gasteiger partial charge in [-0.3, -0.25) is 15.8 Å². The number of hydrogen-bond acceptors (Lipinski definition) is 4. The maximum Gasteiger partial charge on any atom is 0.142 e. The van der Waals surface area contributed by atoms with E-state index in [0.29, 0.717) is 15.7 Å². The summed E-state index contributed by atoms with van der Waals surface area (Å²) >= 11 is 3.14. The third-order valence-corrected chi connectivity index (χ3v) is 2.95. The third-order valence-electron chi connectivity index (χ3n) is 2.34. The van der Waals surface area contributed by atoms with Crippen LogP contribution in [0.5, 0.6) is 0 Å². The Morgan fingerprint density at radius 1 is 1.35 bits per heavy atom. The van der Waals surface area contributed by atoms with Gasteiger partial charge in [-0.25, -0.2) is 9.82 Å². The predicted molar refractivity (Wildman–Crippen MR) is 65.3 cm³/mol. The lowest BCUT2D eigenvalue weighted by Crippen LogP contribution is -2.30. The van der Waals surface area contributed by atoms with Crippen LogP contribution in [0.25, 0.3) is 0 Å². The maximum absolute atomic E-state index is 13.9. The van der Waals surface area contributed by atoms with Gasteiger partial charge >= 0.3 is 0 Å². The SMILES string of the molecule is NNC(c1cnccn1)c1cccc(Br)c1F. The van der Waals surface area contributed by atoms with Crippen molar-refractivity contribution in [2.75, 3.05) is 0 Å². The van der Waals surface area contributed by atoms with Gasteiger partial charge in [-0.05, 0) is 22.0 Å². The molecule has 0 saturated carbocycles. The minimum Gasteiger partial charge on any atom is -0.271 e. The van der Waals surface area contributed by atoms with E-state index in [-0.39, 0.29) is 5.82 Å². The van der Waals surface area contributed by atoms with E-state index in [1.807, 2.05) is 0 Å². The average molecular weight is 297 g/mol. The Bertz CT molecular complexity index is 506. The summed E-state index contributed by atoms with van der Waals surface area (Å²) in [5, 5.41) is 0. The summed E-state index contributed by atoms with van der Waals surface area (Å²) in [5.41, 5.74) is 3.52. The van der Waals surface area contributed by atoms with Crippen molar-refractivity contribution in [3.63, 3.8) is 0 Å². The summed E-state index contributed by atoms with van der Waals surface area (Å²) in [6.45, 7) is 0. The molecular formula is C11H10BrFN4. The van der Waals surface area contributed by atoms with Crippen molar-refractivity contribution < 1.29 is 4.39 Å². The molecule has 0 aliphatic carbocycles. The van der Waals surface area contributed by atoms with Crippen LogP contribution >= 0.6 is 15.9 Å². The van der Waals surface area contributed by atoms with Gasteiger partial charge in [0.25, 0.3) is 0 Å². The van der Waals surface area contributed by atoms with Crippen LogP contribution < -0.4 is 11.3 Å². The van der Waals surface area contributed by atoms with Crippen molar-refractivity contribution in [2.24, 2.45) is 5.84 Å². The highest BCUT2D eigenvalue weighted by Crippen LogP contribution is 2.26. The van der Waals surface area contributed by atoms with Crippen LogP contribution in [-0.2, 0) is 0 Å². The second-order valence-corrected chi connectivity index (χ2v) is 4.23. The first-order valence-electron chi connectivity index (χ1n) is 4.90. The van der Waals surface area contributed by atoms with Crippen molar-refractivity contribution in [3.8, 4) is 0 Å². The molecule has 0 radical (unpaired) electrons. The largest absolute Gasteiger partial charge is 0.271 e. The lowest BCUT2D eigenvalue weighted by Gasteiger charge is -2.16. The molecule has 0 fully saturated rings. The van der Waals surface area contributed by atoms with Crippen LogP contribution in [0.3, 0.4) is 0 Å². The second kappa shape index (κ2) is 5.31. The van der Waals surface area contributed by atoms with E-state index in [1.165, 1.54) is 6.20 Å². The molecular weight excluding hydrogens is 287 g/mol. The van der Waals surface area contributed by atoms with Gasteiger partial charge in [0.05, 0.1) is 22.4 Å². The zero-order chi connectivity index (χ0) is 12.3. The second-order valence-electron chi connectivity index (χ2n) is 3.37. The van der Waals surface area contributed by atoms with Crippen molar-refractivity contribution >= 4 is 15.9 Å². The van der Waals surface area contributed by atoms with Crippen molar-refractivity contribution in [3.05, 3.63) is 58.3 Å². The molecule has 0 aliphatic rings. The van der Waals surface area contributed by atoms with Crippen LogP contribution in [0.15, 0.2) is 41.3 Å². The number of nitrogens with one attached hydrogen (secondary N) is 1. The number of nitrogens with zero attached hydrogens (tertiary/aromatic N) is 2. The minimum atomic E-state index is -0.527. The van der Waals surface area contributed by atoms with Gasteiger partial charge in [0.15, 0.2) is 0 Å². The smallest absolute Gasteiger partial charge is 0.142 e. The van der Waals surface area contributed by atoms with Gasteiger partial charge in [0, 0.05) is 18.0 Å². The monoisotopic (exact) mass is 296 g/mol. The van der Waals surface area contributed by atoms with Crippen LogP contribution in [0.2, 0.25) is 0 Å². The summed E-state index contributed by atoms with van der Waals surface area (Å²) in [4.78, 5) is 8.05. The summed E-state index contributed by atoms with van der Waals surface area (Å²) in [7, 11) is 0. The molecule has 0 spiro atoms. The molecule has 1 aromatic carbocycles. The van der Waals surface area contributed by atoms with Gasteiger partial charge in [0.1, 0.15) is 5.82 Å². The lowest BCUT2D eigenvalue weighted by molar-refractivity contribution is 0.548.